The van der Waals surface area contributed by atoms with Gasteiger partial charge in [0.2, 0.25) is 0 Å². The molecule has 7 heteroatoms. The Balaban J connectivity index is 1.69. The van der Waals surface area contributed by atoms with Gasteiger partial charge in [0.15, 0.2) is 0 Å². The summed E-state index contributed by atoms with van der Waals surface area (Å²) in [7, 11) is 2.93. The van der Waals surface area contributed by atoms with Crippen molar-refractivity contribution in [3.63, 3.8) is 0 Å². The van der Waals surface area contributed by atoms with Crippen molar-refractivity contribution < 1.29 is 4.79 Å². The topological polar surface area (TPSA) is 73.1 Å². The van der Waals surface area contributed by atoms with Crippen LogP contribution in [0.15, 0.2) is 46.1 Å². The third-order valence-electron chi connectivity index (χ3n) is 4.65. The van der Waals surface area contributed by atoms with E-state index in [-0.39, 0.29) is 11.6 Å². The molecule has 132 valence electrons. The van der Waals surface area contributed by atoms with Crippen LogP contribution in [0.1, 0.15) is 20.8 Å². The zero-order chi connectivity index (χ0) is 18.4. The molecule has 2 aromatic heterocycles. The third-order valence-corrected chi connectivity index (χ3v) is 5.86. The first-order valence-corrected chi connectivity index (χ1v) is 9.06. The largest absolute Gasteiger partial charge is 0.330 e. The minimum absolute atomic E-state index is 0.0892. The minimum atomic E-state index is -0.520. The molecule has 4 rings (SSSR count). The van der Waals surface area contributed by atoms with Crippen LogP contribution in [0.4, 0.5) is 5.69 Å². The summed E-state index contributed by atoms with van der Waals surface area (Å²) in [6, 6.07) is 10.1. The second-order valence-corrected chi connectivity index (χ2v) is 7.43. The number of amides is 1. The first-order chi connectivity index (χ1) is 12.5. The number of nitrogens with one attached hydrogen (secondary N) is 1. The molecule has 0 saturated carbocycles. The molecule has 0 radical (unpaired) electrons. The Bertz CT molecular complexity index is 1150. The number of thiophene rings is 1. The maximum Gasteiger partial charge on any atom is 0.330 e. The molecule has 26 heavy (non-hydrogen) atoms. The van der Waals surface area contributed by atoms with Gasteiger partial charge in [-0.15, -0.1) is 11.3 Å². The molecule has 1 aromatic carbocycles. The van der Waals surface area contributed by atoms with Gasteiger partial charge in [-0.25, -0.2) is 4.79 Å². The highest BCUT2D eigenvalue weighted by Crippen LogP contribution is 2.39. The number of benzene rings is 1. The van der Waals surface area contributed by atoms with Crippen LogP contribution in [-0.4, -0.2) is 15.0 Å². The van der Waals surface area contributed by atoms with Gasteiger partial charge >= 0.3 is 5.69 Å². The molecule has 1 aliphatic rings. The van der Waals surface area contributed by atoms with Crippen LogP contribution >= 0.6 is 11.3 Å². The Morgan fingerprint density at radius 1 is 1.12 bits per heavy atom. The Kier molecular flexibility index (Phi) is 3.88. The van der Waals surface area contributed by atoms with Gasteiger partial charge in [-0.2, -0.15) is 0 Å². The quantitative estimate of drug-likeness (QED) is 0.754. The zero-order valence-corrected chi connectivity index (χ0v) is 15.2. The Morgan fingerprint density at radius 2 is 1.85 bits per heavy atom. The van der Waals surface area contributed by atoms with Gasteiger partial charge < -0.3 is 9.88 Å². The average molecular weight is 367 g/mol. The summed E-state index contributed by atoms with van der Waals surface area (Å²) < 4.78 is 2.25. The van der Waals surface area contributed by atoms with Crippen molar-refractivity contribution in [3.05, 3.63) is 73.4 Å². The van der Waals surface area contributed by atoms with E-state index < -0.39 is 11.2 Å². The smallest absolute Gasteiger partial charge is 0.315 e. The van der Waals surface area contributed by atoms with Crippen LogP contribution in [0, 0.1) is 0 Å². The van der Waals surface area contributed by atoms with Crippen molar-refractivity contribution in [2.75, 3.05) is 5.32 Å². The van der Waals surface area contributed by atoms with E-state index >= 15 is 0 Å². The molecular formula is C19H17N3O3S. The summed E-state index contributed by atoms with van der Waals surface area (Å²) >= 11 is 1.43. The summed E-state index contributed by atoms with van der Waals surface area (Å²) in [6.45, 7) is 0. The fraction of sp³-hybridized carbons (Fsp3) is 0.211. The number of fused-ring (bicyclic) bond motifs is 3. The number of aryl methyl sites for hydroxylation is 3. The summed E-state index contributed by atoms with van der Waals surface area (Å²) in [5.74, 6) is -0.336. The summed E-state index contributed by atoms with van der Waals surface area (Å²) in [5, 5.41) is 2.65. The van der Waals surface area contributed by atoms with Gasteiger partial charge in [-0.05, 0) is 35.6 Å². The molecule has 6 nitrogen and oxygen atoms in total. The van der Waals surface area contributed by atoms with Crippen molar-refractivity contribution in [3.8, 4) is 10.4 Å². The Morgan fingerprint density at radius 3 is 2.65 bits per heavy atom. The first-order valence-electron chi connectivity index (χ1n) is 8.24. The highest BCUT2D eigenvalue weighted by Gasteiger charge is 2.22. The summed E-state index contributed by atoms with van der Waals surface area (Å²) in [6.07, 6.45) is 3.21. The maximum absolute atomic E-state index is 12.7. The summed E-state index contributed by atoms with van der Waals surface area (Å²) in [4.78, 5) is 38.3. The van der Waals surface area contributed by atoms with Crippen LogP contribution in [-0.2, 0) is 26.9 Å². The van der Waals surface area contributed by atoms with Crippen molar-refractivity contribution in [1.29, 1.82) is 0 Å². The molecule has 0 atom stereocenters. The predicted molar refractivity (Wildman–Crippen MR) is 102 cm³/mol. The number of aromatic nitrogens is 2. The molecule has 0 fully saturated rings. The lowest BCUT2D eigenvalue weighted by molar-refractivity contribution is 0.103. The van der Waals surface area contributed by atoms with Gasteiger partial charge in [-0.1, -0.05) is 24.3 Å². The summed E-state index contributed by atoms with van der Waals surface area (Å²) in [5.41, 5.74) is 2.76. The van der Waals surface area contributed by atoms with E-state index in [0.717, 1.165) is 27.8 Å². The van der Waals surface area contributed by atoms with E-state index in [4.69, 9.17) is 0 Å². The molecule has 0 unspecified atom stereocenters. The van der Waals surface area contributed by atoms with E-state index in [2.05, 4.69) is 17.4 Å². The third kappa shape index (κ3) is 2.61. The molecule has 0 saturated heterocycles. The molecule has 3 aromatic rings. The maximum atomic E-state index is 12.7. The molecule has 1 aliphatic carbocycles. The number of anilines is 1. The molecule has 0 bridgehead atoms. The Labute approximate surface area is 153 Å². The van der Waals surface area contributed by atoms with Crippen LogP contribution < -0.4 is 16.6 Å². The molecular weight excluding hydrogens is 350 g/mol. The molecule has 0 spiro atoms. The average Bonchev–Trinajstić information content (AvgIpc) is 3.09. The Hall–Kier alpha value is -2.93. The molecule has 0 aliphatic heterocycles. The van der Waals surface area contributed by atoms with Gasteiger partial charge in [0.05, 0.1) is 4.88 Å². The van der Waals surface area contributed by atoms with E-state index in [9.17, 15) is 14.4 Å². The molecule has 1 N–H and O–H groups in total. The highest BCUT2D eigenvalue weighted by molar-refractivity contribution is 7.17. The van der Waals surface area contributed by atoms with Crippen molar-refractivity contribution in [1.82, 2.24) is 9.13 Å². The lowest BCUT2D eigenvalue weighted by Crippen LogP contribution is -2.38. The predicted octanol–water partition coefficient (Wildman–Crippen LogP) is 2.16. The number of carbonyl (C=O) groups excluding carboxylic acids is 1. The fourth-order valence-corrected chi connectivity index (χ4v) is 4.43. The number of nitrogens with zero attached hydrogens (tertiary/aromatic N) is 2. The monoisotopic (exact) mass is 367 g/mol. The molecule has 2 heterocycles. The van der Waals surface area contributed by atoms with Crippen LogP contribution in [0.5, 0.6) is 0 Å². The number of hydrogen-bond acceptors (Lipinski definition) is 4. The van der Waals surface area contributed by atoms with Gasteiger partial charge in [0.25, 0.3) is 11.5 Å². The van der Waals surface area contributed by atoms with Crippen molar-refractivity contribution in [2.45, 2.75) is 12.8 Å². The van der Waals surface area contributed by atoms with Crippen LogP contribution in [0.3, 0.4) is 0 Å². The van der Waals surface area contributed by atoms with E-state index in [0.29, 0.717) is 4.88 Å². The van der Waals surface area contributed by atoms with E-state index in [1.807, 2.05) is 18.2 Å². The van der Waals surface area contributed by atoms with E-state index in [1.165, 1.54) is 47.3 Å². The lowest BCUT2D eigenvalue weighted by atomic mass is 9.91. The van der Waals surface area contributed by atoms with Gasteiger partial charge in [0.1, 0.15) is 5.69 Å². The second kappa shape index (κ2) is 6.10. The molecule has 1 amide bonds. The van der Waals surface area contributed by atoms with Gasteiger partial charge in [-0.3, -0.25) is 14.2 Å². The SMILES string of the molecule is Cn1cc(NC(=O)c2cc3c(s2)-c2ccccc2CC3)c(=O)n(C)c1=O. The normalized spacial score (nSPS) is 12.4. The number of hydrogen-bond donors (Lipinski definition) is 1. The van der Waals surface area contributed by atoms with Crippen LogP contribution in [0.2, 0.25) is 0 Å². The minimum Gasteiger partial charge on any atom is -0.315 e. The number of rotatable bonds is 2. The highest BCUT2D eigenvalue weighted by atomic mass is 32.1. The van der Waals surface area contributed by atoms with E-state index in [1.54, 1.807) is 0 Å². The standard InChI is InChI=1S/C19H17N3O3S/c1-21-10-14(18(24)22(2)19(21)25)20-17(23)15-9-12-8-7-11-5-3-4-6-13(11)16(12)26-15/h3-6,9-10H,7-8H2,1-2H3,(H,20,23). The van der Waals surface area contributed by atoms with Crippen LogP contribution in [0.25, 0.3) is 10.4 Å². The second-order valence-electron chi connectivity index (χ2n) is 6.38. The first kappa shape index (κ1) is 16.5. The van der Waals surface area contributed by atoms with Crippen molar-refractivity contribution in [2.24, 2.45) is 14.1 Å². The zero-order valence-electron chi connectivity index (χ0n) is 14.4. The van der Waals surface area contributed by atoms with Gasteiger partial charge in [0, 0.05) is 25.2 Å². The lowest BCUT2D eigenvalue weighted by Gasteiger charge is -2.15. The number of carbonyl (C=O) groups is 1. The fourth-order valence-electron chi connectivity index (χ4n) is 3.26. The van der Waals surface area contributed by atoms with Crippen molar-refractivity contribution >= 4 is 22.9 Å².